The fourth-order valence-corrected chi connectivity index (χ4v) is 2.91. The maximum Gasteiger partial charge on any atom is 0.211 e. The monoisotopic (exact) mass is 263 g/mol. The van der Waals surface area contributed by atoms with Gasteiger partial charge in [0.15, 0.2) is 0 Å². The highest BCUT2D eigenvalue weighted by Gasteiger charge is 2.24. The molecule has 17 heavy (non-hydrogen) atoms. The summed E-state index contributed by atoms with van der Waals surface area (Å²) in [6.07, 6.45) is 4.22. The molecule has 0 bridgehead atoms. The molecule has 2 N–H and O–H groups in total. The normalized spacial score (nSPS) is 21.6. The Morgan fingerprint density at radius 1 is 1.35 bits per heavy atom. The van der Waals surface area contributed by atoms with Crippen LogP contribution in [0.15, 0.2) is 0 Å². The van der Waals surface area contributed by atoms with Crippen LogP contribution in [0, 0.1) is 0 Å². The lowest BCUT2D eigenvalue weighted by atomic mass is 10.1. The van der Waals surface area contributed by atoms with E-state index in [9.17, 15) is 8.42 Å². The van der Waals surface area contributed by atoms with Crippen LogP contribution in [0.5, 0.6) is 0 Å². The molecule has 0 aromatic rings. The highest BCUT2D eigenvalue weighted by atomic mass is 32.2. The molecule has 102 valence electrons. The number of nitrogens with one attached hydrogen (secondary N) is 2. The minimum absolute atomic E-state index is 0.469. The predicted molar refractivity (Wildman–Crippen MR) is 70.6 cm³/mol. The first-order valence-corrected chi connectivity index (χ1v) is 8.14. The zero-order valence-electron chi connectivity index (χ0n) is 11.1. The van der Waals surface area contributed by atoms with Gasteiger partial charge < -0.3 is 10.6 Å². The van der Waals surface area contributed by atoms with E-state index in [0.717, 1.165) is 25.8 Å². The predicted octanol–water partition coefficient (Wildman–Crippen LogP) is -0.00200. The van der Waals surface area contributed by atoms with Crippen LogP contribution in [0.1, 0.15) is 26.2 Å². The first-order chi connectivity index (χ1) is 7.93. The molecule has 5 nitrogen and oxygen atoms in total. The summed E-state index contributed by atoms with van der Waals surface area (Å²) >= 11 is 0. The number of nitrogens with zero attached hydrogens (tertiary/aromatic N) is 1. The number of hydrogen-bond acceptors (Lipinski definition) is 4. The Labute approximate surface area is 105 Å². The molecule has 0 saturated carbocycles. The van der Waals surface area contributed by atoms with Gasteiger partial charge in [0.05, 0.1) is 6.26 Å². The molecule has 0 spiro atoms. The maximum atomic E-state index is 11.3. The SMILES string of the molecule is CNC(C)CCNC1CCN(S(C)(=O)=O)CC1. The molecule has 1 saturated heterocycles. The standard InChI is InChI=1S/C11H25N3O2S/c1-10(12-2)4-7-13-11-5-8-14(9-6-11)17(3,15)16/h10-13H,4-9H2,1-3H3. The van der Waals surface area contributed by atoms with Gasteiger partial charge in [0.2, 0.25) is 10.0 Å². The van der Waals surface area contributed by atoms with Crippen molar-refractivity contribution < 1.29 is 8.42 Å². The number of hydrogen-bond donors (Lipinski definition) is 2. The summed E-state index contributed by atoms with van der Waals surface area (Å²) in [5.74, 6) is 0. The first-order valence-electron chi connectivity index (χ1n) is 6.29. The number of sulfonamides is 1. The third kappa shape index (κ3) is 5.33. The van der Waals surface area contributed by atoms with Crippen molar-refractivity contribution in [2.75, 3.05) is 32.9 Å². The van der Waals surface area contributed by atoms with Gasteiger partial charge in [-0.2, -0.15) is 0 Å². The largest absolute Gasteiger partial charge is 0.317 e. The van der Waals surface area contributed by atoms with Gasteiger partial charge in [-0.1, -0.05) is 0 Å². The van der Waals surface area contributed by atoms with Crippen molar-refractivity contribution in [3.63, 3.8) is 0 Å². The van der Waals surface area contributed by atoms with Crippen molar-refractivity contribution in [2.45, 2.75) is 38.3 Å². The topological polar surface area (TPSA) is 61.4 Å². The summed E-state index contributed by atoms with van der Waals surface area (Å²) in [5.41, 5.74) is 0. The van der Waals surface area contributed by atoms with Gasteiger partial charge in [-0.05, 0) is 39.8 Å². The van der Waals surface area contributed by atoms with Crippen LogP contribution < -0.4 is 10.6 Å². The quantitative estimate of drug-likeness (QED) is 0.708. The zero-order chi connectivity index (χ0) is 12.9. The highest BCUT2D eigenvalue weighted by molar-refractivity contribution is 7.88. The third-order valence-electron chi connectivity index (χ3n) is 3.43. The lowest BCUT2D eigenvalue weighted by molar-refractivity contribution is 0.288. The fourth-order valence-electron chi connectivity index (χ4n) is 2.04. The van der Waals surface area contributed by atoms with E-state index in [2.05, 4.69) is 17.6 Å². The third-order valence-corrected chi connectivity index (χ3v) is 4.73. The molecule has 1 atom stereocenters. The van der Waals surface area contributed by atoms with Crippen LogP contribution in [-0.4, -0.2) is 57.7 Å². The Morgan fingerprint density at radius 2 is 1.94 bits per heavy atom. The smallest absolute Gasteiger partial charge is 0.211 e. The Bertz CT molecular complexity index is 311. The van der Waals surface area contributed by atoms with E-state index in [0.29, 0.717) is 25.2 Å². The van der Waals surface area contributed by atoms with Gasteiger partial charge in [0.25, 0.3) is 0 Å². The van der Waals surface area contributed by atoms with E-state index in [-0.39, 0.29) is 0 Å². The Balaban J connectivity index is 2.19. The van der Waals surface area contributed by atoms with E-state index in [1.54, 1.807) is 4.31 Å². The summed E-state index contributed by atoms with van der Waals surface area (Å²) < 4.78 is 24.2. The van der Waals surface area contributed by atoms with Crippen LogP contribution in [-0.2, 0) is 10.0 Å². The second-order valence-electron chi connectivity index (χ2n) is 4.87. The van der Waals surface area contributed by atoms with Gasteiger partial charge >= 0.3 is 0 Å². The molecule has 1 unspecified atom stereocenters. The Morgan fingerprint density at radius 3 is 2.41 bits per heavy atom. The van der Waals surface area contributed by atoms with Crippen LogP contribution in [0.2, 0.25) is 0 Å². The number of piperidine rings is 1. The van der Waals surface area contributed by atoms with Gasteiger partial charge in [0.1, 0.15) is 0 Å². The molecule has 0 amide bonds. The van der Waals surface area contributed by atoms with E-state index in [1.807, 2.05) is 7.05 Å². The molecule has 6 heteroatoms. The summed E-state index contributed by atoms with van der Waals surface area (Å²) in [7, 11) is -1.02. The molecule has 0 aliphatic carbocycles. The molecular formula is C11H25N3O2S. The van der Waals surface area contributed by atoms with Crippen LogP contribution in [0.25, 0.3) is 0 Å². The summed E-state index contributed by atoms with van der Waals surface area (Å²) in [6.45, 7) is 4.45. The van der Waals surface area contributed by atoms with E-state index in [1.165, 1.54) is 6.26 Å². The van der Waals surface area contributed by atoms with E-state index < -0.39 is 10.0 Å². The Kier molecular flexibility index (Phi) is 5.85. The number of rotatable bonds is 6. The molecule has 0 aromatic carbocycles. The van der Waals surface area contributed by atoms with Crippen molar-refractivity contribution in [1.29, 1.82) is 0 Å². The van der Waals surface area contributed by atoms with Crippen molar-refractivity contribution in [3.05, 3.63) is 0 Å². The molecule has 0 radical (unpaired) electrons. The summed E-state index contributed by atoms with van der Waals surface area (Å²) in [4.78, 5) is 0. The fraction of sp³-hybridized carbons (Fsp3) is 1.00. The van der Waals surface area contributed by atoms with Crippen LogP contribution in [0.3, 0.4) is 0 Å². The molecule has 1 aliphatic heterocycles. The average Bonchev–Trinajstić information content (AvgIpc) is 2.28. The van der Waals surface area contributed by atoms with E-state index in [4.69, 9.17) is 0 Å². The summed E-state index contributed by atoms with van der Waals surface area (Å²) in [6, 6.07) is 0.996. The van der Waals surface area contributed by atoms with Gasteiger partial charge in [-0.3, -0.25) is 0 Å². The molecule has 1 rings (SSSR count). The second-order valence-corrected chi connectivity index (χ2v) is 6.85. The van der Waals surface area contributed by atoms with Crippen molar-refractivity contribution in [3.8, 4) is 0 Å². The zero-order valence-corrected chi connectivity index (χ0v) is 11.9. The van der Waals surface area contributed by atoms with Gasteiger partial charge in [-0.15, -0.1) is 0 Å². The van der Waals surface area contributed by atoms with Crippen molar-refractivity contribution >= 4 is 10.0 Å². The molecule has 1 fully saturated rings. The van der Waals surface area contributed by atoms with Crippen molar-refractivity contribution in [2.24, 2.45) is 0 Å². The minimum Gasteiger partial charge on any atom is -0.317 e. The molecule has 0 aromatic heterocycles. The summed E-state index contributed by atoms with van der Waals surface area (Å²) in [5, 5.41) is 6.70. The first kappa shape index (κ1) is 14.9. The van der Waals surface area contributed by atoms with E-state index >= 15 is 0 Å². The Hall–Kier alpha value is -0.170. The van der Waals surface area contributed by atoms with Crippen LogP contribution >= 0.6 is 0 Å². The van der Waals surface area contributed by atoms with Crippen molar-refractivity contribution in [1.82, 2.24) is 14.9 Å². The van der Waals surface area contributed by atoms with Gasteiger partial charge in [0, 0.05) is 25.2 Å². The molecule has 1 aliphatic rings. The second kappa shape index (κ2) is 6.68. The van der Waals surface area contributed by atoms with Gasteiger partial charge in [-0.25, -0.2) is 12.7 Å². The lowest BCUT2D eigenvalue weighted by Crippen LogP contribution is -2.45. The maximum absolute atomic E-state index is 11.3. The average molecular weight is 263 g/mol. The molecular weight excluding hydrogens is 238 g/mol. The highest BCUT2D eigenvalue weighted by Crippen LogP contribution is 2.13. The minimum atomic E-state index is -2.99. The lowest BCUT2D eigenvalue weighted by Gasteiger charge is -2.31. The van der Waals surface area contributed by atoms with Crippen LogP contribution in [0.4, 0.5) is 0 Å². The molecule has 1 heterocycles.